The molecule has 3 aromatic carbocycles. The molecule has 1 saturated heterocycles. The average Bonchev–Trinajstić information content (AvgIpc) is 3.08. The van der Waals surface area contributed by atoms with Gasteiger partial charge in [0.15, 0.2) is 0 Å². The molecule has 1 fully saturated rings. The van der Waals surface area contributed by atoms with Crippen molar-refractivity contribution in [1.29, 1.82) is 0 Å². The van der Waals surface area contributed by atoms with E-state index in [2.05, 4.69) is 0 Å². The van der Waals surface area contributed by atoms with Crippen LogP contribution in [0.2, 0.25) is 0 Å². The summed E-state index contributed by atoms with van der Waals surface area (Å²) in [6.45, 7) is 0.197. The van der Waals surface area contributed by atoms with Crippen LogP contribution in [0.5, 0.6) is 5.75 Å². The van der Waals surface area contributed by atoms with Crippen LogP contribution in [0, 0.1) is 5.82 Å². The molecule has 1 amide bonds. The second-order valence-corrected chi connectivity index (χ2v) is 7.48. The van der Waals surface area contributed by atoms with Crippen LogP contribution in [0.25, 0.3) is 5.76 Å². The van der Waals surface area contributed by atoms with E-state index < -0.39 is 23.5 Å². The van der Waals surface area contributed by atoms with Crippen LogP contribution in [0.15, 0.2) is 84.4 Å². The molecule has 0 aliphatic carbocycles. The van der Waals surface area contributed by atoms with Gasteiger partial charge in [-0.15, -0.1) is 0 Å². The number of carbonyl (C=O) groups excluding carboxylic acids is 2. The molecule has 32 heavy (non-hydrogen) atoms. The van der Waals surface area contributed by atoms with Crippen molar-refractivity contribution in [3.63, 3.8) is 0 Å². The van der Waals surface area contributed by atoms with Crippen molar-refractivity contribution < 1.29 is 23.8 Å². The predicted molar refractivity (Wildman–Crippen MR) is 119 cm³/mol. The number of amides is 1. The highest BCUT2D eigenvalue weighted by Crippen LogP contribution is 2.40. The number of aliphatic hydroxyl groups is 1. The highest BCUT2D eigenvalue weighted by Gasteiger charge is 2.46. The number of likely N-dealkylation sites (tertiary alicyclic amines) is 1. The third-order valence-electron chi connectivity index (χ3n) is 5.57. The SMILES string of the molecule is COc1cccc(C(O)=C2C(=O)C(=O)N(CCc3ccccc3)C2c2ccccc2F)c1. The zero-order valence-electron chi connectivity index (χ0n) is 17.5. The Kier molecular flexibility index (Phi) is 6.03. The van der Waals surface area contributed by atoms with Crippen LogP contribution in [-0.2, 0) is 16.0 Å². The minimum Gasteiger partial charge on any atom is -0.507 e. The van der Waals surface area contributed by atoms with E-state index in [-0.39, 0.29) is 23.4 Å². The summed E-state index contributed by atoms with van der Waals surface area (Å²) in [5.41, 5.74) is 1.31. The number of aliphatic hydroxyl groups excluding tert-OH is 1. The van der Waals surface area contributed by atoms with Crippen molar-refractivity contribution in [1.82, 2.24) is 4.90 Å². The molecule has 1 aliphatic rings. The number of ether oxygens (including phenoxy) is 1. The summed E-state index contributed by atoms with van der Waals surface area (Å²) in [7, 11) is 1.49. The maximum Gasteiger partial charge on any atom is 0.295 e. The van der Waals surface area contributed by atoms with Crippen molar-refractivity contribution in [2.45, 2.75) is 12.5 Å². The Morgan fingerprint density at radius 2 is 1.72 bits per heavy atom. The fourth-order valence-electron chi connectivity index (χ4n) is 3.95. The lowest BCUT2D eigenvalue weighted by Crippen LogP contribution is -2.32. The van der Waals surface area contributed by atoms with Gasteiger partial charge in [0.2, 0.25) is 0 Å². The fraction of sp³-hybridized carbons (Fsp3) is 0.154. The number of Topliss-reactive ketones (excluding diaryl/α,β-unsaturated/α-hetero) is 1. The number of ketones is 1. The minimum absolute atomic E-state index is 0.138. The van der Waals surface area contributed by atoms with E-state index >= 15 is 0 Å². The monoisotopic (exact) mass is 431 g/mol. The maximum atomic E-state index is 14.8. The Morgan fingerprint density at radius 3 is 2.44 bits per heavy atom. The van der Waals surface area contributed by atoms with Gasteiger partial charge in [-0.25, -0.2) is 4.39 Å². The quantitative estimate of drug-likeness (QED) is 0.355. The number of hydrogen-bond donors (Lipinski definition) is 1. The molecule has 1 heterocycles. The van der Waals surface area contributed by atoms with Gasteiger partial charge in [0, 0.05) is 17.7 Å². The van der Waals surface area contributed by atoms with E-state index in [4.69, 9.17) is 4.74 Å². The van der Waals surface area contributed by atoms with Gasteiger partial charge in [0.1, 0.15) is 17.3 Å². The van der Waals surface area contributed by atoms with Crippen LogP contribution in [0.4, 0.5) is 4.39 Å². The third kappa shape index (κ3) is 3.99. The minimum atomic E-state index is -1.04. The smallest absolute Gasteiger partial charge is 0.295 e. The summed E-state index contributed by atoms with van der Waals surface area (Å²) in [5.74, 6) is -2.04. The van der Waals surface area contributed by atoms with Crippen molar-refractivity contribution in [2.24, 2.45) is 0 Å². The van der Waals surface area contributed by atoms with E-state index in [1.165, 1.54) is 30.2 Å². The van der Waals surface area contributed by atoms with Crippen LogP contribution >= 0.6 is 0 Å². The molecule has 162 valence electrons. The predicted octanol–water partition coefficient (Wildman–Crippen LogP) is 4.50. The van der Waals surface area contributed by atoms with Crippen molar-refractivity contribution >= 4 is 17.4 Å². The third-order valence-corrected chi connectivity index (χ3v) is 5.57. The summed E-state index contributed by atoms with van der Waals surface area (Å²) in [4.78, 5) is 27.3. The van der Waals surface area contributed by atoms with Gasteiger partial charge < -0.3 is 14.7 Å². The molecule has 6 heteroatoms. The summed E-state index contributed by atoms with van der Waals surface area (Å²) >= 11 is 0. The highest BCUT2D eigenvalue weighted by molar-refractivity contribution is 6.46. The van der Waals surface area contributed by atoms with Gasteiger partial charge in [-0.1, -0.05) is 60.7 Å². The largest absolute Gasteiger partial charge is 0.507 e. The molecule has 0 aromatic heterocycles. The highest BCUT2D eigenvalue weighted by atomic mass is 19.1. The Labute approximate surface area is 185 Å². The van der Waals surface area contributed by atoms with Crippen molar-refractivity contribution in [2.75, 3.05) is 13.7 Å². The number of hydrogen-bond acceptors (Lipinski definition) is 4. The molecule has 1 aliphatic heterocycles. The fourth-order valence-corrected chi connectivity index (χ4v) is 3.95. The molecule has 3 aromatic rings. The summed E-state index contributed by atoms with van der Waals surface area (Å²) in [6.07, 6.45) is 0.484. The average molecular weight is 431 g/mol. The number of carbonyl (C=O) groups is 2. The van der Waals surface area contributed by atoms with Gasteiger partial charge in [-0.05, 0) is 30.2 Å². The molecule has 4 rings (SSSR count). The van der Waals surface area contributed by atoms with E-state index in [1.54, 1.807) is 30.3 Å². The lowest BCUT2D eigenvalue weighted by Gasteiger charge is -2.25. The first kappa shape index (κ1) is 21.3. The molecule has 0 spiro atoms. The Morgan fingerprint density at radius 1 is 1.00 bits per heavy atom. The Balaban J connectivity index is 1.81. The standard InChI is InChI=1S/C26H22FNO4/c1-32-19-11-7-10-18(16-19)24(29)22-23(20-12-5-6-13-21(20)27)28(26(31)25(22)30)15-14-17-8-3-2-4-9-17/h2-13,16,23,29H,14-15H2,1H3. The number of benzene rings is 3. The molecule has 1 atom stereocenters. The van der Waals surface area contributed by atoms with Gasteiger partial charge in [0.05, 0.1) is 18.7 Å². The number of methoxy groups -OCH3 is 1. The molecule has 1 N–H and O–H groups in total. The van der Waals surface area contributed by atoms with E-state index in [0.29, 0.717) is 17.7 Å². The molecule has 5 nitrogen and oxygen atoms in total. The number of halogens is 1. The number of rotatable bonds is 6. The van der Waals surface area contributed by atoms with Crippen LogP contribution in [-0.4, -0.2) is 35.4 Å². The molecule has 0 saturated carbocycles. The van der Waals surface area contributed by atoms with Gasteiger partial charge >= 0.3 is 0 Å². The molecule has 1 unspecified atom stereocenters. The number of nitrogens with zero attached hydrogens (tertiary/aromatic N) is 1. The first-order valence-corrected chi connectivity index (χ1v) is 10.2. The summed E-state index contributed by atoms with van der Waals surface area (Å²) < 4.78 is 20.0. The maximum absolute atomic E-state index is 14.8. The Hall–Kier alpha value is -3.93. The molecular formula is C26H22FNO4. The van der Waals surface area contributed by atoms with Crippen molar-refractivity contribution in [3.05, 3.63) is 107 Å². The normalized spacial score (nSPS) is 17.6. The lowest BCUT2D eigenvalue weighted by molar-refractivity contribution is -0.139. The zero-order valence-corrected chi connectivity index (χ0v) is 17.5. The lowest BCUT2D eigenvalue weighted by atomic mass is 9.94. The van der Waals surface area contributed by atoms with Gasteiger partial charge in [0.25, 0.3) is 11.7 Å². The van der Waals surface area contributed by atoms with Gasteiger partial charge in [-0.3, -0.25) is 9.59 Å². The van der Waals surface area contributed by atoms with Crippen LogP contribution in [0.3, 0.4) is 0 Å². The molecule has 0 bridgehead atoms. The van der Waals surface area contributed by atoms with Gasteiger partial charge in [-0.2, -0.15) is 0 Å². The molecular weight excluding hydrogens is 409 g/mol. The van der Waals surface area contributed by atoms with E-state index in [9.17, 15) is 19.1 Å². The van der Waals surface area contributed by atoms with Crippen LogP contribution < -0.4 is 4.74 Å². The summed E-state index contributed by atoms with van der Waals surface area (Å²) in [6, 6.07) is 21.0. The first-order chi connectivity index (χ1) is 15.5. The second kappa shape index (κ2) is 9.06. The zero-order chi connectivity index (χ0) is 22.7. The molecule has 0 radical (unpaired) electrons. The first-order valence-electron chi connectivity index (χ1n) is 10.2. The van der Waals surface area contributed by atoms with Crippen molar-refractivity contribution in [3.8, 4) is 5.75 Å². The van der Waals surface area contributed by atoms with E-state index in [0.717, 1.165) is 5.56 Å². The van der Waals surface area contributed by atoms with Crippen LogP contribution in [0.1, 0.15) is 22.7 Å². The Bertz CT molecular complexity index is 1190. The van der Waals surface area contributed by atoms with E-state index in [1.807, 2.05) is 30.3 Å². The summed E-state index contributed by atoms with van der Waals surface area (Å²) in [5, 5.41) is 11.1. The second-order valence-electron chi connectivity index (χ2n) is 7.48. The topological polar surface area (TPSA) is 66.8 Å².